The fourth-order valence-electron chi connectivity index (χ4n) is 1.88. The number of methoxy groups -OCH3 is 1. The van der Waals surface area contributed by atoms with Crippen LogP contribution < -0.4 is 4.90 Å². The van der Waals surface area contributed by atoms with Crippen molar-refractivity contribution in [2.45, 2.75) is 12.8 Å². The Morgan fingerprint density at radius 2 is 2.16 bits per heavy atom. The Kier molecular flexibility index (Phi) is 4.55. The first-order valence-corrected chi connectivity index (χ1v) is 6.20. The number of anilines is 1. The van der Waals surface area contributed by atoms with E-state index in [0.29, 0.717) is 12.5 Å². The summed E-state index contributed by atoms with van der Waals surface area (Å²) in [4.78, 5) is 20.2. The topological polar surface area (TPSA) is 58.2 Å². The van der Waals surface area contributed by atoms with E-state index in [2.05, 4.69) is 22.1 Å². The van der Waals surface area contributed by atoms with Gasteiger partial charge in [0.15, 0.2) is 0 Å². The van der Waals surface area contributed by atoms with Gasteiger partial charge in [0.1, 0.15) is 0 Å². The molecule has 5 heteroatoms. The lowest BCUT2D eigenvalue weighted by atomic mass is 10.1. The third-order valence-corrected chi connectivity index (χ3v) is 2.82. The summed E-state index contributed by atoms with van der Waals surface area (Å²) in [6, 6.07) is 10.2. The van der Waals surface area contributed by atoms with E-state index >= 15 is 0 Å². The number of H-pyrrole nitrogens is 1. The molecule has 2 aromatic rings. The number of carbonyl (C=O) groups is 1. The molecule has 5 nitrogen and oxygen atoms in total. The fourth-order valence-corrected chi connectivity index (χ4v) is 1.88. The molecule has 19 heavy (non-hydrogen) atoms. The summed E-state index contributed by atoms with van der Waals surface area (Å²) in [6.07, 6.45) is 4.66. The van der Waals surface area contributed by atoms with E-state index in [-0.39, 0.29) is 0 Å². The van der Waals surface area contributed by atoms with E-state index in [1.54, 1.807) is 12.4 Å². The van der Waals surface area contributed by atoms with Crippen molar-refractivity contribution in [1.29, 1.82) is 0 Å². The van der Waals surface area contributed by atoms with Crippen molar-refractivity contribution in [3.05, 3.63) is 48.3 Å². The Morgan fingerprint density at radius 3 is 2.79 bits per heavy atom. The number of rotatable bonds is 5. The second-order valence-corrected chi connectivity index (χ2v) is 4.12. The molecule has 0 saturated carbocycles. The monoisotopic (exact) mass is 259 g/mol. The molecule has 1 aromatic carbocycles. The number of aryl methyl sites for hydroxylation is 1. The van der Waals surface area contributed by atoms with Crippen LogP contribution in [0.2, 0.25) is 0 Å². The van der Waals surface area contributed by atoms with E-state index in [4.69, 9.17) is 4.74 Å². The van der Waals surface area contributed by atoms with E-state index in [0.717, 1.165) is 12.8 Å². The number of nitrogens with zero attached hydrogens (tertiary/aromatic N) is 2. The van der Waals surface area contributed by atoms with Crippen molar-refractivity contribution in [3.8, 4) is 0 Å². The predicted octanol–water partition coefficient (Wildman–Crippen LogP) is 2.62. The molecule has 0 aliphatic carbocycles. The number of imidazole rings is 1. The second-order valence-electron chi connectivity index (χ2n) is 4.12. The highest BCUT2D eigenvalue weighted by Gasteiger charge is 2.17. The summed E-state index contributed by atoms with van der Waals surface area (Å²) in [5.74, 6) is 0.514. The Hall–Kier alpha value is -2.30. The molecule has 0 saturated heterocycles. The SMILES string of the molecule is COC(=O)N(CCCc1ccccc1)c1ncc[nH]1. The van der Waals surface area contributed by atoms with Gasteiger partial charge in [0.25, 0.3) is 0 Å². The zero-order valence-corrected chi connectivity index (χ0v) is 10.9. The van der Waals surface area contributed by atoms with Crippen molar-refractivity contribution < 1.29 is 9.53 Å². The van der Waals surface area contributed by atoms with Crippen molar-refractivity contribution in [2.24, 2.45) is 0 Å². The molecule has 0 aliphatic heterocycles. The van der Waals surface area contributed by atoms with Gasteiger partial charge in [-0.15, -0.1) is 0 Å². The van der Waals surface area contributed by atoms with Crippen LogP contribution in [-0.2, 0) is 11.2 Å². The number of hydrogen-bond acceptors (Lipinski definition) is 3. The maximum Gasteiger partial charge on any atom is 0.416 e. The fraction of sp³-hybridized carbons (Fsp3) is 0.286. The predicted molar refractivity (Wildman–Crippen MR) is 73.1 cm³/mol. The summed E-state index contributed by atoms with van der Waals surface area (Å²) in [5.41, 5.74) is 1.26. The lowest BCUT2D eigenvalue weighted by molar-refractivity contribution is 0.178. The van der Waals surface area contributed by atoms with Crippen LogP contribution in [0.4, 0.5) is 10.7 Å². The summed E-state index contributed by atoms with van der Waals surface area (Å²) in [5, 5.41) is 0. The average molecular weight is 259 g/mol. The number of aromatic nitrogens is 2. The maximum atomic E-state index is 11.7. The van der Waals surface area contributed by atoms with Gasteiger partial charge in [0, 0.05) is 18.9 Å². The number of ether oxygens (including phenoxy) is 1. The van der Waals surface area contributed by atoms with Gasteiger partial charge in [-0.3, -0.25) is 0 Å². The minimum Gasteiger partial charge on any atom is -0.452 e. The van der Waals surface area contributed by atoms with Gasteiger partial charge in [-0.25, -0.2) is 14.7 Å². The van der Waals surface area contributed by atoms with Crippen LogP contribution in [0.1, 0.15) is 12.0 Å². The number of benzene rings is 1. The Bertz CT molecular complexity index is 497. The molecule has 100 valence electrons. The van der Waals surface area contributed by atoms with Gasteiger partial charge in [0.05, 0.1) is 7.11 Å². The highest BCUT2D eigenvalue weighted by molar-refractivity contribution is 5.85. The number of carbonyl (C=O) groups excluding carboxylic acids is 1. The highest BCUT2D eigenvalue weighted by atomic mass is 16.5. The van der Waals surface area contributed by atoms with E-state index in [9.17, 15) is 4.79 Å². The quantitative estimate of drug-likeness (QED) is 0.898. The number of nitrogens with one attached hydrogen (secondary N) is 1. The largest absolute Gasteiger partial charge is 0.452 e. The summed E-state index contributed by atoms with van der Waals surface area (Å²) in [7, 11) is 1.37. The molecule has 2 rings (SSSR count). The lowest BCUT2D eigenvalue weighted by Gasteiger charge is -2.18. The van der Waals surface area contributed by atoms with Crippen molar-refractivity contribution in [3.63, 3.8) is 0 Å². The molecule has 0 aliphatic rings. The van der Waals surface area contributed by atoms with Crippen LogP contribution in [0.25, 0.3) is 0 Å². The first kappa shape index (κ1) is 13.1. The van der Waals surface area contributed by atoms with Crippen LogP contribution >= 0.6 is 0 Å². The normalized spacial score (nSPS) is 10.2. The molecule has 0 spiro atoms. The standard InChI is InChI=1S/C14H17N3O2/c1-19-14(18)17(13-15-9-10-16-13)11-5-8-12-6-3-2-4-7-12/h2-4,6-7,9-10H,5,8,11H2,1H3,(H,15,16). The molecule has 0 radical (unpaired) electrons. The number of aromatic amines is 1. The van der Waals surface area contributed by atoms with Crippen molar-refractivity contribution >= 4 is 12.0 Å². The van der Waals surface area contributed by atoms with E-state index in [1.807, 2.05) is 18.2 Å². The van der Waals surface area contributed by atoms with Gasteiger partial charge in [-0.2, -0.15) is 0 Å². The molecule has 1 aromatic heterocycles. The average Bonchev–Trinajstić information content (AvgIpc) is 2.98. The molecule has 0 fully saturated rings. The molecule has 0 unspecified atom stereocenters. The summed E-state index contributed by atoms with van der Waals surface area (Å²) >= 11 is 0. The minimum absolute atomic E-state index is 0.400. The van der Waals surface area contributed by atoms with Gasteiger partial charge in [-0.1, -0.05) is 30.3 Å². The zero-order chi connectivity index (χ0) is 13.5. The van der Waals surface area contributed by atoms with Crippen LogP contribution in [-0.4, -0.2) is 29.7 Å². The Morgan fingerprint density at radius 1 is 1.37 bits per heavy atom. The van der Waals surface area contributed by atoms with Crippen molar-refractivity contribution in [2.75, 3.05) is 18.6 Å². The Labute approximate surface area is 112 Å². The van der Waals surface area contributed by atoms with Crippen LogP contribution in [0.5, 0.6) is 0 Å². The van der Waals surface area contributed by atoms with Gasteiger partial charge in [0.2, 0.25) is 5.95 Å². The van der Waals surface area contributed by atoms with Crippen LogP contribution in [0, 0.1) is 0 Å². The van der Waals surface area contributed by atoms with Crippen molar-refractivity contribution in [1.82, 2.24) is 9.97 Å². The molecule has 1 amide bonds. The molecule has 0 bridgehead atoms. The molecule has 1 heterocycles. The molecule has 1 N–H and O–H groups in total. The molecule has 0 atom stereocenters. The number of amides is 1. The molecular formula is C14H17N3O2. The van der Waals surface area contributed by atoms with Gasteiger partial charge in [-0.05, 0) is 18.4 Å². The third-order valence-electron chi connectivity index (χ3n) is 2.82. The van der Waals surface area contributed by atoms with E-state index in [1.165, 1.54) is 17.6 Å². The summed E-state index contributed by atoms with van der Waals surface area (Å²) < 4.78 is 4.77. The first-order chi connectivity index (χ1) is 9.31. The Balaban J connectivity index is 1.92. The lowest BCUT2D eigenvalue weighted by Crippen LogP contribution is -2.32. The summed E-state index contributed by atoms with van der Waals surface area (Å²) in [6.45, 7) is 0.565. The zero-order valence-electron chi connectivity index (χ0n) is 10.9. The van der Waals surface area contributed by atoms with Crippen LogP contribution in [0.15, 0.2) is 42.7 Å². The number of hydrogen-bond donors (Lipinski definition) is 1. The van der Waals surface area contributed by atoms with Crippen LogP contribution in [0.3, 0.4) is 0 Å². The highest BCUT2D eigenvalue weighted by Crippen LogP contribution is 2.10. The van der Waals surface area contributed by atoms with Gasteiger partial charge < -0.3 is 9.72 Å². The second kappa shape index (κ2) is 6.58. The first-order valence-electron chi connectivity index (χ1n) is 6.20. The van der Waals surface area contributed by atoms with E-state index < -0.39 is 6.09 Å². The maximum absolute atomic E-state index is 11.7. The van der Waals surface area contributed by atoms with Gasteiger partial charge >= 0.3 is 6.09 Å². The molecular weight excluding hydrogens is 242 g/mol. The smallest absolute Gasteiger partial charge is 0.416 e. The third kappa shape index (κ3) is 3.58. The minimum atomic E-state index is -0.400.